The van der Waals surface area contributed by atoms with Gasteiger partial charge < -0.3 is 5.73 Å². The van der Waals surface area contributed by atoms with Crippen LogP contribution in [-0.2, 0) is 10.0 Å². The van der Waals surface area contributed by atoms with Gasteiger partial charge in [0.1, 0.15) is 0 Å². The van der Waals surface area contributed by atoms with Crippen LogP contribution in [0, 0.1) is 11.3 Å². The highest BCUT2D eigenvalue weighted by Gasteiger charge is 2.37. The molecule has 2 rings (SSSR count). The lowest BCUT2D eigenvalue weighted by Gasteiger charge is -2.26. The van der Waals surface area contributed by atoms with E-state index in [0.29, 0.717) is 34.1 Å². The van der Waals surface area contributed by atoms with E-state index in [-0.39, 0.29) is 5.41 Å². The first kappa shape index (κ1) is 15.8. The number of anilines is 1. The van der Waals surface area contributed by atoms with Gasteiger partial charge in [-0.15, -0.1) is 0 Å². The summed E-state index contributed by atoms with van der Waals surface area (Å²) < 4.78 is 27.5. The van der Waals surface area contributed by atoms with Crippen molar-refractivity contribution in [3.8, 4) is 0 Å². The lowest BCUT2D eigenvalue weighted by molar-refractivity contribution is 0.252. The van der Waals surface area contributed by atoms with Gasteiger partial charge in [-0.05, 0) is 51.9 Å². The first-order valence-electron chi connectivity index (χ1n) is 6.67. The van der Waals surface area contributed by atoms with E-state index in [1.165, 1.54) is 0 Å². The number of halogens is 1. The molecule has 6 heteroatoms. The summed E-state index contributed by atoms with van der Waals surface area (Å²) in [5.41, 5.74) is 6.38. The van der Waals surface area contributed by atoms with Gasteiger partial charge in [-0.25, -0.2) is 8.42 Å². The van der Waals surface area contributed by atoms with Gasteiger partial charge in [0.25, 0.3) is 0 Å². The van der Waals surface area contributed by atoms with Crippen LogP contribution in [0.15, 0.2) is 27.6 Å². The standard InChI is InChI=1S/C14H21BrN2O2S/c1-14(2,3)10-6-7-17(9-10)20(18,19)11-4-5-13(16)12(15)8-11/h4-5,8,10H,6-7,9,16H2,1-3H3. The minimum atomic E-state index is -3.42. The second-order valence-electron chi connectivity index (χ2n) is 6.40. The predicted octanol–water partition coefficient (Wildman–Crippen LogP) is 3.09. The summed E-state index contributed by atoms with van der Waals surface area (Å²) in [5, 5.41) is 0. The minimum absolute atomic E-state index is 0.131. The number of hydrogen-bond donors (Lipinski definition) is 1. The topological polar surface area (TPSA) is 63.4 Å². The van der Waals surface area contributed by atoms with E-state index in [4.69, 9.17) is 5.73 Å². The van der Waals surface area contributed by atoms with Crippen LogP contribution in [0.4, 0.5) is 5.69 Å². The van der Waals surface area contributed by atoms with Gasteiger partial charge in [0.05, 0.1) is 4.90 Å². The van der Waals surface area contributed by atoms with Gasteiger partial charge in [-0.1, -0.05) is 20.8 Å². The van der Waals surface area contributed by atoms with E-state index >= 15 is 0 Å². The molecule has 1 aromatic rings. The second-order valence-corrected chi connectivity index (χ2v) is 9.19. The number of rotatable bonds is 2. The molecular weight excluding hydrogens is 340 g/mol. The zero-order valence-electron chi connectivity index (χ0n) is 12.1. The second kappa shape index (κ2) is 5.31. The first-order valence-corrected chi connectivity index (χ1v) is 8.91. The molecule has 1 aliphatic rings. The van der Waals surface area contributed by atoms with Crippen molar-refractivity contribution in [3.05, 3.63) is 22.7 Å². The van der Waals surface area contributed by atoms with Crippen LogP contribution in [0.3, 0.4) is 0 Å². The van der Waals surface area contributed by atoms with Crippen LogP contribution in [0.25, 0.3) is 0 Å². The molecule has 4 nitrogen and oxygen atoms in total. The number of sulfonamides is 1. The number of nitrogen functional groups attached to an aromatic ring is 1. The summed E-state index contributed by atoms with van der Waals surface area (Å²) in [6, 6.07) is 4.77. The van der Waals surface area contributed by atoms with E-state index < -0.39 is 10.0 Å². The van der Waals surface area contributed by atoms with Crippen molar-refractivity contribution in [3.63, 3.8) is 0 Å². The van der Waals surface area contributed by atoms with Crippen molar-refractivity contribution < 1.29 is 8.42 Å². The molecule has 0 aliphatic carbocycles. The first-order chi connectivity index (χ1) is 9.12. The highest BCUT2D eigenvalue weighted by atomic mass is 79.9. The maximum Gasteiger partial charge on any atom is 0.243 e. The Morgan fingerprint density at radius 3 is 2.50 bits per heavy atom. The van der Waals surface area contributed by atoms with E-state index in [2.05, 4.69) is 36.7 Å². The Balaban J connectivity index is 2.26. The Labute approximate surface area is 129 Å². The zero-order valence-corrected chi connectivity index (χ0v) is 14.5. The Morgan fingerprint density at radius 2 is 2.00 bits per heavy atom. The van der Waals surface area contributed by atoms with Crippen molar-refractivity contribution in [2.75, 3.05) is 18.8 Å². The van der Waals surface area contributed by atoms with E-state index in [9.17, 15) is 8.42 Å². The van der Waals surface area contributed by atoms with Gasteiger partial charge in [-0.2, -0.15) is 4.31 Å². The molecule has 0 spiro atoms. The zero-order chi connectivity index (χ0) is 15.1. The molecule has 1 heterocycles. The fraction of sp³-hybridized carbons (Fsp3) is 0.571. The number of benzene rings is 1. The van der Waals surface area contributed by atoms with Crippen molar-refractivity contribution in [1.82, 2.24) is 4.31 Å². The van der Waals surface area contributed by atoms with Crippen molar-refractivity contribution in [1.29, 1.82) is 0 Å². The minimum Gasteiger partial charge on any atom is -0.398 e. The number of nitrogens with two attached hydrogens (primary N) is 1. The summed E-state index contributed by atoms with van der Waals surface area (Å²) in [4.78, 5) is 0.299. The maximum atomic E-state index is 12.6. The average molecular weight is 361 g/mol. The molecule has 0 radical (unpaired) electrons. The quantitative estimate of drug-likeness (QED) is 0.824. The van der Waals surface area contributed by atoms with E-state index in [0.717, 1.165) is 6.42 Å². The van der Waals surface area contributed by atoms with E-state index in [1.807, 2.05) is 0 Å². The fourth-order valence-electron chi connectivity index (χ4n) is 2.47. The number of hydrogen-bond acceptors (Lipinski definition) is 3. The lowest BCUT2D eigenvalue weighted by Crippen LogP contribution is -2.31. The van der Waals surface area contributed by atoms with Gasteiger partial charge in [0.2, 0.25) is 10.0 Å². The van der Waals surface area contributed by atoms with Crippen LogP contribution in [0.5, 0.6) is 0 Å². The molecule has 0 bridgehead atoms. The van der Waals surface area contributed by atoms with Crippen LogP contribution in [0.2, 0.25) is 0 Å². The van der Waals surface area contributed by atoms with Crippen LogP contribution in [-0.4, -0.2) is 25.8 Å². The molecule has 0 saturated carbocycles. The monoisotopic (exact) mass is 360 g/mol. The Kier molecular flexibility index (Phi) is 4.19. The molecule has 1 saturated heterocycles. The Bertz CT molecular complexity index is 608. The van der Waals surface area contributed by atoms with Crippen LogP contribution >= 0.6 is 15.9 Å². The molecule has 20 heavy (non-hydrogen) atoms. The van der Waals surface area contributed by atoms with Gasteiger partial charge in [0, 0.05) is 23.2 Å². The summed E-state index contributed by atoms with van der Waals surface area (Å²) in [7, 11) is -3.42. The predicted molar refractivity (Wildman–Crippen MR) is 84.9 cm³/mol. The number of nitrogens with zero attached hydrogens (tertiary/aromatic N) is 1. The van der Waals surface area contributed by atoms with Crippen LogP contribution < -0.4 is 5.73 Å². The van der Waals surface area contributed by atoms with Crippen LogP contribution in [0.1, 0.15) is 27.2 Å². The third kappa shape index (κ3) is 3.02. The highest BCUT2D eigenvalue weighted by Crippen LogP contribution is 2.36. The third-order valence-corrected chi connectivity index (χ3v) is 6.53. The normalized spacial score (nSPS) is 21.3. The molecule has 2 N–H and O–H groups in total. The maximum absolute atomic E-state index is 12.6. The molecule has 1 aromatic carbocycles. The van der Waals surface area contributed by atoms with Gasteiger partial charge in [0.15, 0.2) is 0 Å². The lowest BCUT2D eigenvalue weighted by atomic mass is 9.80. The van der Waals surface area contributed by atoms with E-state index in [1.54, 1.807) is 22.5 Å². The molecule has 0 amide bonds. The largest absolute Gasteiger partial charge is 0.398 e. The molecule has 0 aromatic heterocycles. The molecule has 1 atom stereocenters. The van der Waals surface area contributed by atoms with Crippen molar-refractivity contribution >= 4 is 31.6 Å². The molecular formula is C14H21BrN2O2S. The third-order valence-electron chi connectivity index (χ3n) is 3.99. The molecule has 1 aliphatic heterocycles. The van der Waals surface area contributed by atoms with Gasteiger partial charge >= 0.3 is 0 Å². The smallest absolute Gasteiger partial charge is 0.243 e. The van der Waals surface area contributed by atoms with Crippen molar-refractivity contribution in [2.24, 2.45) is 11.3 Å². The van der Waals surface area contributed by atoms with Gasteiger partial charge in [-0.3, -0.25) is 0 Å². The molecule has 112 valence electrons. The highest BCUT2D eigenvalue weighted by molar-refractivity contribution is 9.10. The Hall–Kier alpha value is -0.590. The Morgan fingerprint density at radius 1 is 1.35 bits per heavy atom. The van der Waals surface area contributed by atoms with Crippen molar-refractivity contribution in [2.45, 2.75) is 32.1 Å². The summed E-state index contributed by atoms with van der Waals surface area (Å²) in [5.74, 6) is 0.398. The summed E-state index contributed by atoms with van der Waals surface area (Å²) in [6.07, 6.45) is 0.916. The average Bonchev–Trinajstić information content (AvgIpc) is 2.82. The molecule has 1 unspecified atom stereocenters. The fourth-order valence-corrected chi connectivity index (χ4v) is 4.53. The molecule has 1 fully saturated rings. The summed E-state index contributed by atoms with van der Waals surface area (Å²) in [6.45, 7) is 7.66. The summed E-state index contributed by atoms with van der Waals surface area (Å²) >= 11 is 3.28. The SMILES string of the molecule is CC(C)(C)C1CCN(S(=O)(=O)c2ccc(N)c(Br)c2)C1.